The summed E-state index contributed by atoms with van der Waals surface area (Å²) in [5.74, 6) is -1.65. The highest BCUT2D eigenvalue weighted by Crippen LogP contribution is 1.80. The van der Waals surface area contributed by atoms with E-state index in [9.17, 15) is 19.2 Å². The Morgan fingerprint density at radius 1 is 0.850 bits per heavy atom. The van der Waals surface area contributed by atoms with Gasteiger partial charge in [0.2, 0.25) is 17.7 Å². The van der Waals surface area contributed by atoms with Gasteiger partial charge in [0.1, 0.15) is 0 Å². The molecule has 0 saturated heterocycles. The standard InChI is InChI=1S/C11H20N4O5/c1-12-5-8(16)14-7-10(18)15-6-9(17)13-4-3-11(19)20-2/h12H,3-7H2,1-2H3,(H,13,17)(H,14,16)(H,15,18). The monoisotopic (exact) mass is 288 g/mol. The quantitative estimate of drug-likeness (QED) is 0.338. The van der Waals surface area contributed by atoms with Gasteiger partial charge in [0.25, 0.3) is 0 Å². The van der Waals surface area contributed by atoms with Crippen LogP contribution in [0.25, 0.3) is 0 Å². The van der Waals surface area contributed by atoms with Crippen molar-refractivity contribution in [3.8, 4) is 0 Å². The highest BCUT2D eigenvalue weighted by molar-refractivity contribution is 5.88. The van der Waals surface area contributed by atoms with E-state index in [4.69, 9.17) is 0 Å². The molecule has 114 valence electrons. The number of carbonyl (C=O) groups is 4. The Hall–Kier alpha value is -2.16. The summed E-state index contributed by atoms with van der Waals surface area (Å²) >= 11 is 0. The topological polar surface area (TPSA) is 126 Å². The maximum absolute atomic E-state index is 11.3. The van der Waals surface area contributed by atoms with Gasteiger partial charge in [-0.05, 0) is 7.05 Å². The van der Waals surface area contributed by atoms with Crippen LogP contribution in [0.2, 0.25) is 0 Å². The van der Waals surface area contributed by atoms with Gasteiger partial charge < -0.3 is 26.0 Å². The minimum Gasteiger partial charge on any atom is -0.469 e. The number of carbonyl (C=O) groups excluding carboxylic acids is 4. The molecule has 0 fully saturated rings. The largest absolute Gasteiger partial charge is 0.469 e. The average molecular weight is 288 g/mol. The number of hydrogen-bond acceptors (Lipinski definition) is 6. The third-order valence-electron chi connectivity index (χ3n) is 2.11. The van der Waals surface area contributed by atoms with Crippen LogP contribution < -0.4 is 21.3 Å². The van der Waals surface area contributed by atoms with E-state index in [-0.39, 0.29) is 38.5 Å². The van der Waals surface area contributed by atoms with Crippen molar-refractivity contribution in [2.45, 2.75) is 6.42 Å². The Kier molecular flexibility index (Phi) is 9.57. The van der Waals surface area contributed by atoms with E-state index in [1.54, 1.807) is 7.05 Å². The molecule has 0 aromatic carbocycles. The fourth-order valence-corrected chi connectivity index (χ4v) is 1.11. The predicted molar refractivity (Wildman–Crippen MR) is 69.6 cm³/mol. The molecule has 9 nitrogen and oxygen atoms in total. The molecule has 0 saturated carbocycles. The summed E-state index contributed by atoms with van der Waals surface area (Å²) in [5, 5.41) is 9.77. The van der Waals surface area contributed by atoms with Gasteiger partial charge in [-0.3, -0.25) is 19.2 Å². The molecule has 9 heteroatoms. The van der Waals surface area contributed by atoms with Crippen LogP contribution in [0, 0.1) is 0 Å². The molecule has 0 unspecified atom stereocenters. The summed E-state index contributed by atoms with van der Waals surface area (Å²) in [6.07, 6.45) is 0.0657. The van der Waals surface area contributed by atoms with Crippen molar-refractivity contribution >= 4 is 23.7 Å². The minimum atomic E-state index is -0.474. The molecule has 0 aliphatic carbocycles. The number of ether oxygens (including phenoxy) is 1. The molecule has 0 heterocycles. The van der Waals surface area contributed by atoms with Gasteiger partial charge in [-0.2, -0.15) is 0 Å². The molecule has 0 bridgehead atoms. The highest BCUT2D eigenvalue weighted by atomic mass is 16.5. The molecule has 0 aromatic rings. The van der Waals surface area contributed by atoms with E-state index in [1.165, 1.54) is 7.11 Å². The van der Waals surface area contributed by atoms with Crippen LogP contribution in [0.4, 0.5) is 0 Å². The molecule has 20 heavy (non-hydrogen) atoms. The van der Waals surface area contributed by atoms with Crippen LogP contribution in [-0.2, 0) is 23.9 Å². The number of hydrogen-bond donors (Lipinski definition) is 4. The Morgan fingerprint density at radius 2 is 1.35 bits per heavy atom. The fraction of sp³-hybridized carbons (Fsp3) is 0.636. The second kappa shape index (κ2) is 10.7. The maximum atomic E-state index is 11.3. The van der Waals surface area contributed by atoms with Crippen LogP contribution in [0.15, 0.2) is 0 Å². The third-order valence-corrected chi connectivity index (χ3v) is 2.11. The van der Waals surface area contributed by atoms with Gasteiger partial charge in [-0.1, -0.05) is 0 Å². The fourth-order valence-electron chi connectivity index (χ4n) is 1.11. The zero-order valence-electron chi connectivity index (χ0n) is 11.6. The van der Waals surface area contributed by atoms with Crippen LogP contribution >= 0.6 is 0 Å². The second-order valence-electron chi connectivity index (χ2n) is 3.76. The molecule has 0 spiro atoms. The Bertz CT molecular complexity index is 359. The van der Waals surface area contributed by atoms with Crippen molar-refractivity contribution in [1.29, 1.82) is 0 Å². The molecule has 0 rings (SSSR count). The van der Waals surface area contributed by atoms with E-state index in [2.05, 4.69) is 26.0 Å². The van der Waals surface area contributed by atoms with Gasteiger partial charge in [0.05, 0.1) is 33.2 Å². The first-order valence-corrected chi connectivity index (χ1v) is 6.01. The maximum Gasteiger partial charge on any atom is 0.307 e. The van der Waals surface area contributed by atoms with Crippen LogP contribution in [0.3, 0.4) is 0 Å². The van der Waals surface area contributed by atoms with Gasteiger partial charge in [-0.25, -0.2) is 0 Å². The lowest BCUT2D eigenvalue weighted by molar-refractivity contribution is -0.140. The lowest BCUT2D eigenvalue weighted by Gasteiger charge is -2.07. The van der Waals surface area contributed by atoms with E-state index in [1.807, 2.05) is 0 Å². The first-order valence-electron chi connectivity index (χ1n) is 6.01. The Balaban J connectivity index is 3.65. The molecular weight excluding hydrogens is 268 g/mol. The average Bonchev–Trinajstić information content (AvgIpc) is 2.43. The SMILES string of the molecule is CNCC(=O)NCC(=O)NCC(=O)NCCC(=O)OC. The first kappa shape index (κ1) is 17.8. The summed E-state index contributed by atoms with van der Waals surface area (Å²) in [6.45, 7) is -0.167. The summed E-state index contributed by atoms with van der Waals surface area (Å²) in [4.78, 5) is 44.4. The van der Waals surface area contributed by atoms with Crippen molar-refractivity contribution in [3.05, 3.63) is 0 Å². The summed E-state index contributed by atoms with van der Waals surface area (Å²) in [7, 11) is 2.87. The molecular formula is C11H20N4O5. The lowest BCUT2D eigenvalue weighted by atomic mass is 10.4. The summed E-state index contributed by atoms with van der Waals surface area (Å²) in [5.41, 5.74) is 0. The van der Waals surface area contributed by atoms with E-state index in [0.717, 1.165) is 0 Å². The highest BCUT2D eigenvalue weighted by Gasteiger charge is 2.07. The molecule has 3 amide bonds. The molecule has 0 atom stereocenters. The van der Waals surface area contributed by atoms with Crippen LogP contribution in [0.5, 0.6) is 0 Å². The van der Waals surface area contributed by atoms with E-state index in [0.29, 0.717) is 0 Å². The van der Waals surface area contributed by atoms with Gasteiger partial charge in [-0.15, -0.1) is 0 Å². The molecule has 4 N–H and O–H groups in total. The lowest BCUT2D eigenvalue weighted by Crippen LogP contribution is -2.43. The van der Waals surface area contributed by atoms with Crippen LogP contribution in [-0.4, -0.2) is 64.0 Å². The Morgan fingerprint density at radius 3 is 1.85 bits per heavy atom. The minimum absolute atomic E-state index is 0.0657. The smallest absolute Gasteiger partial charge is 0.307 e. The molecule has 0 radical (unpaired) electrons. The van der Waals surface area contributed by atoms with E-state index >= 15 is 0 Å². The number of esters is 1. The zero-order chi connectivity index (χ0) is 15.4. The molecule has 0 aliphatic heterocycles. The summed E-state index contributed by atoms with van der Waals surface area (Å²) < 4.78 is 4.40. The molecule has 0 aliphatic rings. The second-order valence-corrected chi connectivity index (χ2v) is 3.76. The third kappa shape index (κ3) is 9.83. The first-order chi connectivity index (χ1) is 9.49. The number of likely N-dealkylation sites (N-methyl/N-ethyl adjacent to an activating group) is 1. The zero-order valence-corrected chi connectivity index (χ0v) is 11.6. The van der Waals surface area contributed by atoms with Gasteiger partial charge in [0.15, 0.2) is 0 Å². The van der Waals surface area contributed by atoms with E-state index < -0.39 is 17.8 Å². The van der Waals surface area contributed by atoms with Crippen molar-refractivity contribution in [2.75, 3.05) is 40.3 Å². The van der Waals surface area contributed by atoms with Crippen molar-refractivity contribution < 1.29 is 23.9 Å². The van der Waals surface area contributed by atoms with Gasteiger partial charge in [0, 0.05) is 6.54 Å². The number of nitrogens with one attached hydrogen (secondary N) is 4. The number of methoxy groups -OCH3 is 1. The summed E-state index contributed by atoms with van der Waals surface area (Å²) in [6, 6.07) is 0. The number of amides is 3. The predicted octanol–water partition coefficient (Wildman–Crippen LogP) is -2.88. The van der Waals surface area contributed by atoms with Crippen molar-refractivity contribution in [3.63, 3.8) is 0 Å². The number of rotatable bonds is 9. The molecule has 0 aromatic heterocycles. The van der Waals surface area contributed by atoms with Crippen molar-refractivity contribution in [1.82, 2.24) is 21.3 Å². The van der Waals surface area contributed by atoms with Gasteiger partial charge >= 0.3 is 5.97 Å². The normalized spacial score (nSPS) is 9.50. The van der Waals surface area contributed by atoms with Crippen LogP contribution in [0.1, 0.15) is 6.42 Å². The van der Waals surface area contributed by atoms with Crippen molar-refractivity contribution in [2.24, 2.45) is 0 Å². The Labute approximate surface area is 116 Å².